The van der Waals surface area contributed by atoms with E-state index >= 15 is 0 Å². The van der Waals surface area contributed by atoms with Crippen molar-refractivity contribution in [3.8, 4) is 0 Å². The molecule has 11 heteroatoms. The molecule has 0 N–H and O–H groups in total. The Morgan fingerprint density at radius 3 is 2.17 bits per heavy atom. The Bertz CT molecular complexity index is 797. The van der Waals surface area contributed by atoms with Gasteiger partial charge in [-0.05, 0) is 18.2 Å². The molecule has 126 valence electrons. The molecule has 1 aromatic heterocycles. The highest BCUT2D eigenvalue weighted by Crippen LogP contribution is 2.46. The summed E-state index contributed by atoms with van der Waals surface area (Å²) in [6.45, 7) is 0. The van der Waals surface area contributed by atoms with E-state index in [4.69, 9.17) is 11.6 Å². The lowest BCUT2D eigenvalue weighted by Gasteiger charge is -2.25. The van der Waals surface area contributed by atoms with Crippen molar-refractivity contribution in [1.29, 1.82) is 0 Å². The van der Waals surface area contributed by atoms with Crippen molar-refractivity contribution in [1.82, 2.24) is 0 Å². The normalized spacial score (nSPS) is 13.6. The van der Waals surface area contributed by atoms with Crippen LogP contribution < -0.4 is 5.43 Å². The Hall–Kier alpha value is -1.81. The first kappa shape index (κ1) is 17.5. The smallest absolute Gasteiger partial charge is 0.454 e. The molecule has 0 aliphatic heterocycles. The molecule has 0 amide bonds. The third-order valence-electron chi connectivity index (χ3n) is 2.61. The van der Waals surface area contributed by atoms with Gasteiger partial charge in [0.05, 0.1) is 5.39 Å². The van der Waals surface area contributed by atoms with Crippen LogP contribution in [0.4, 0.5) is 30.7 Å². The molecule has 0 spiro atoms. The van der Waals surface area contributed by atoms with Crippen LogP contribution in [-0.4, -0.2) is 12.5 Å². The highest BCUT2D eigenvalue weighted by atomic mass is 35.5. The quantitative estimate of drug-likeness (QED) is 0.743. The van der Waals surface area contributed by atoms with Crippen LogP contribution in [0.5, 0.6) is 0 Å². The van der Waals surface area contributed by atoms with Crippen molar-refractivity contribution >= 4 is 22.6 Å². The molecule has 3 nitrogen and oxygen atoms in total. The van der Waals surface area contributed by atoms with Gasteiger partial charge < -0.3 is 4.42 Å². The number of rotatable bonds is 3. The molecule has 0 unspecified atom stereocenters. The van der Waals surface area contributed by atoms with Crippen LogP contribution >= 0.6 is 11.6 Å². The minimum absolute atomic E-state index is 0.0371. The lowest BCUT2D eigenvalue weighted by Crippen LogP contribution is -2.44. The number of halogens is 8. The SMILES string of the molecule is O=c1cc(C(F)(F)C(F)(F)OC(F)(F)F)oc2ccc(Cl)cc12. The number of alkyl halides is 7. The minimum Gasteiger partial charge on any atom is -0.454 e. The predicted molar refractivity (Wildman–Crippen MR) is 63.5 cm³/mol. The molecule has 0 aliphatic carbocycles. The Morgan fingerprint density at radius 2 is 1.61 bits per heavy atom. The molecule has 0 saturated carbocycles. The summed E-state index contributed by atoms with van der Waals surface area (Å²) in [5.41, 5.74) is -1.74. The van der Waals surface area contributed by atoms with Gasteiger partial charge in [-0.3, -0.25) is 4.79 Å². The first-order valence-electron chi connectivity index (χ1n) is 5.60. The molecule has 1 aromatic carbocycles. The van der Waals surface area contributed by atoms with Gasteiger partial charge in [0, 0.05) is 11.1 Å². The van der Waals surface area contributed by atoms with Crippen molar-refractivity contribution in [3.63, 3.8) is 0 Å². The fourth-order valence-corrected chi connectivity index (χ4v) is 1.81. The molecule has 0 atom stereocenters. The number of hydrogen-bond acceptors (Lipinski definition) is 3. The van der Waals surface area contributed by atoms with Crippen LogP contribution in [0.1, 0.15) is 5.76 Å². The van der Waals surface area contributed by atoms with Crippen LogP contribution in [0.3, 0.4) is 0 Å². The molecule has 0 saturated heterocycles. The van der Waals surface area contributed by atoms with Gasteiger partial charge in [0.2, 0.25) is 0 Å². The highest BCUT2D eigenvalue weighted by molar-refractivity contribution is 6.31. The number of ether oxygens (including phenoxy) is 1. The number of fused-ring (bicyclic) bond motifs is 1. The minimum atomic E-state index is -6.03. The van der Waals surface area contributed by atoms with Crippen LogP contribution in [-0.2, 0) is 10.7 Å². The van der Waals surface area contributed by atoms with Gasteiger partial charge in [-0.25, -0.2) is 4.74 Å². The third-order valence-corrected chi connectivity index (χ3v) is 2.84. The fraction of sp³-hybridized carbons (Fsp3) is 0.250. The van der Waals surface area contributed by atoms with Gasteiger partial charge in [-0.2, -0.15) is 17.6 Å². The molecule has 0 radical (unpaired) electrons. The van der Waals surface area contributed by atoms with Gasteiger partial charge in [-0.15, -0.1) is 13.2 Å². The molecule has 0 bridgehead atoms. The zero-order chi connectivity index (χ0) is 17.6. The molecule has 1 heterocycles. The van der Waals surface area contributed by atoms with Gasteiger partial charge in [0.15, 0.2) is 11.2 Å². The molecular weight excluding hydrogens is 361 g/mol. The number of hydrogen-bond donors (Lipinski definition) is 0. The maximum absolute atomic E-state index is 13.6. The van der Waals surface area contributed by atoms with Gasteiger partial charge in [0.25, 0.3) is 0 Å². The number of benzene rings is 1. The summed E-state index contributed by atoms with van der Waals surface area (Å²) in [5, 5.41) is -0.271. The average Bonchev–Trinajstić information content (AvgIpc) is 2.36. The van der Waals surface area contributed by atoms with Gasteiger partial charge in [0.1, 0.15) is 5.58 Å². The average molecular weight is 365 g/mol. The van der Waals surface area contributed by atoms with E-state index in [0.29, 0.717) is 0 Å². The van der Waals surface area contributed by atoms with Crippen LogP contribution in [0.15, 0.2) is 33.5 Å². The highest BCUT2D eigenvalue weighted by Gasteiger charge is 2.65. The van der Waals surface area contributed by atoms with Crippen LogP contribution in [0, 0.1) is 0 Å². The zero-order valence-corrected chi connectivity index (χ0v) is 11.3. The summed E-state index contributed by atoms with van der Waals surface area (Å²) < 4.78 is 95.5. The monoisotopic (exact) mass is 364 g/mol. The largest absolute Gasteiger partial charge is 0.527 e. The van der Waals surface area contributed by atoms with Crippen molar-refractivity contribution < 1.29 is 39.9 Å². The fourth-order valence-electron chi connectivity index (χ4n) is 1.64. The van der Waals surface area contributed by atoms with E-state index in [0.717, 1.165) is 18.2 Å². The summed E-state index contributed by atoms with van der Waals surface area (Å²) in [7, 11) is 0. The molecule has 0 fully saturated rings. The standard InChI is InChI=1S/C12H4ClF7O3/c13-5-1-2-8-6(3-5)7(21)4-9(22-8)10(14,15)11(16,17)23-12(18,19)20/h1-4H. The molecule has 23 heavy (non-hydrogen) atoms. The van der Waals surface area contributed by atoms with E-state index < -0.39 is 35.2 Å². The second kappa shape index (κ2) is 5.38. The Labute approximate surface area is 127 Å². The summed E-state index contributed by atoms with van der Waals surface area (Å²) in [6, 6.07) is 3.02. The summed E-state index contributed by atoms with van der Waals surface area (Å²) in [5.74, 6) is -7.53. The summed E-state index contributed by atoms with van der Waals surface area (Å²) >= 11 is 5.57. The summed E-state index contributed by atoms with van der Waals surface area (Å²) in [6.07, 6.45) is -12.0. The van der Waals surface area contributed by atoms with Crippen molar-refractivity contribution in [2.45, 2.75) is 18.4 Å². The van der Waals surface area contributed by atoms with E-state index in [9.17, 15) is 35.5 Å². The van der Waals surface area contributed by atoms with Crippen molar-refractivity contribution in [2.24, 2.45) is 0 Å². The molecule has 2 rings (SSSR count). The van der Waals surface area contributed by atoms with E-state index in [1.54, 1.807) is 0 Å². The maximum atomic E-state index is 13.6. The van der Waals surface area contributed by atoms with Crippen LogP contribution in [0.25, 0.3) is 11.0 Å². The second-order valence-corrected chi connectivity index (χ2v) is 4.69. The Balaban J connectivity index is 2.58. The Morgan fingerprint density at radius 1 is 1.00 bits per heavy atom. The third kappa shape index (κ3) is 3.42. The van der Waals surface area contributed by atoms with E-state index in [2.05, 4.69) is 9.15 Å². The van der Waals surface area contributed by atoms with E-state index in [-0.39, 0.29) is 16.5 Å². The summed E-state index contributed by atoms with van der Waals surface area (Å²) in [4.78, 5) is 11.7. The molecule has 2 aromatic rings. The topological polar surface area (TPSA) is 39.4 Å². The first-order chi connectivity index (χ1) is 10.3. The van der Waals surface area contributed by atoms with Crippen LogP contribution in [0.2, 0.25) is 5.02 Å². The predicted octanol–water partition coefficient (Wildman–Crippen LogP) is 4.67. The molecule has 0 aliphatic rings. The maximum Gasteiger partial charge on any atom is 0.527 e. The first-order valence-corrected chi connectivity index (χ1v) is 5.98. The second-order valence-electron chi connectivity index (χ2n) is 4.25. The van der Waals surface area contributed by atoms with Gasteiger partial charge >= 0.3 is 18.4 Å². The van der Waals surface area contributed by atoms with Gasteiger partial charge in [-0.1, -0.05) is 11.6 Å². The lowest BCUT2D eigenvalue weighted by molar-refractivity contribution is -0.471. The lowest BCUT2D eigenvalue weighted by atomic mass is 10.1. The van der Waals surface area contributed by atoms with Crippen molar-refractivity contribution in [3.05, 3.63) is 45.3 Å². The zero-order valence-electron chi connectivity index (χ0n) is 10.6. The van der Waals surface area contributed by atoms with E-state index in [1.807, 2.05) is 0 Å². The van der Waals surface area contributed by atoms with Crippen molar-refractivity contribution in [2.75, 3.05) is 0 Å². The van der Waals surface area contributed by atoms with E-state index in [1.165, 1.54) is 0 Å². The molecular formula is C12H4ClF7O3. The Kier molecular flexibility index (Phi) is 4.10.